The monoisotopic (exact) mass is 313 g/mol. The Morgan fingerprint density at radius 2 is 1.86 bits per heavy atom. The summed E-state index contributed by atoms with van der Waals surface area (Å²) in [6.45, 7) is 4.71. The smallest absolute Gasteiger partial charge is 0.151 e. The molecule has 2 unspecified atom stereocenters. The summed E-state index contributed by atoms with van der Waals surface area (Å²) in [6, 6.07) is 7.91. The first-order valence-corrected chi connectivity index (χ1v) is 9.39. The van der Waals surface area contributed by atoms with Crippen LogP contribution in [0.1, 0.15) is 32.3 Å². The van der Waals surface area contributed by atoms with Crippen molar-refractivity contribution in [3.05, 3.63) is 29.8 Å². The van der Waals surface area contributed by atoms with E-state index in [0.717, 1.165) is 31.6 Å². The number of nitrogens with one attached hydrogen (secondary N) is 1. The summed E-state index contributed by atoms with van der Waals surface area (Å²) in [5.74, 6) is 0.837. The molecule has 0 aromatic heterocycles. The van der Waals surface area contributed by atoms with Gasteiger partial charge in [0.05, 0.1) is 12.4 Å². The number of rotatable bonds is 9. The molecule has 0 spiro atoms. The second kappa shape index (κ2) is 8.39. The van der Waals surface area contributed by atoms with Crippen LogP contribution in [-0.2, 0) is 16.3 Å². The van der Waals surface area contributed by atoms with Crippen molar-refractivity contribution < 1.29 is 13.2 Å². The Hall–Kier alpha value is -1.07. The maximum Gasteiger partial charge on any atom is 0.151 e. The Labute approximate surface area is 128 Å². The van der Waals surface area contributed by atoms with Gasteiger partial charge in [-0.15, -0.1) is 0 Å². The fourth-order valence-corrected chi connectivity index (χ4v) is 3.07. The standard InChI is InChI=1S/C16H27NO3S/c1-5-12-17-16(13(2)21(4,18)19)11-8-14-6-9-15(20-3)10-7-14/h6-7,9-10,13,16-17H,5,8,11-12H2,1-4H3. The van der Waals surface area contributed by atoms with Crippen molar-refractivity contribution in [1.82, 2.24) is 5.32 Å². The van der Waals surface area contributed by atoms with Gasteiger partial charge in [0.25, 0.3) is 0 Å². The van der Waals surface area contributed by atoms with Gasteiger partial charge in [0, 0.05) is 12.3 Å². The number of ether oxygens (including phenoxy) is 1. The van der Waals surface area contributed by atoms with Crippen LogP contribution >= 0.6 is 0 Å². The van der Waals surface area contributed by atoms with E-state index < -0.39 is 9.84 Å². The largest absolute Gasteiger partial charge is 0.497 e. The molecule has 5 heteroatoms. The Kier molecular flexibility index (Phi) is 7.18. The Bertz CT molecular complexity index is 511. The van der Waals surface area contributed by atoms with Crippen molar-refractivity contribution >= 4 is 9.84 Å². The Balaban J connectivity index is 2.67. The van der Waals surface area contributed by atoms with Crippen LogP contribution in [0.3, 0.4) is 0 Å². The fraction of sp³-hybridized carbons (Fsp3) is 0.625. The van der Waals surface area contributed by atoms with Crippen LogP contribution in [-0.4, -0.2) is 39.6 Å². The SMILES string of the molecule is CCCNC(CCc1ccc(OC)cc1)C(C)S(C)(=O)=O. The van der Waals surface area contributed by atoms with Crippen molar-refractivity contribution in [3.63, 3.8) is 0 Å². The van der Waals surface area contributed by atoms with E-state index in [1.165, 1.54) is 11.8 Å². The first-order chi connectivity index (χ1) is 9.88. The number of hydrogen-bond donors (Lipinski definition) is 1. The van der Waals surface area contributed by atoms with Gasteiger partial charge in [-0.25, -0.2) is 8.42 Å². The van der Waals surface area contributed by atoms with E-state index in [2.05, 4.69) is 12.2 Å². The molecule has 0 saturated heterocycles. The summed E-state index contributed by atoms with van der Waals surface area (Å²) in [7, 11) is -1.38. The molecule has 21 heavy (non-hydrogen) atoms. The Morgan fingerprint density at radius 3 is 2.33 bits per heavy atom. The lowest BCUT2D eigenvalue weighted by molar-refractivity contribution is 0.414. The molecule has 120 valence electrons. The third kappa shape index (κ3) is 6.06. The molecule has 1 rings (SSSR count). The summed E-state index contributed by atoms with van der Waals surface area (Å²) in [6.07, 6.45) is 3.97. The van der Waals surface area contributed by atoms with E-state index in [-0.39, 0.29) is 11.3 Å². The summed E-state index contributed by atoms with van der Waals surface area (Å²) in [5.41, 5.74) is 1.19. The highest BCUT2D eigenvalue weighted by Gasteiger charge is 2.25. The van der Waals surface area contributed by atoms with Gasteiger partial charge in [0.1, 0.15) is 5.75 Å². The predicted octanol–water partition coefficient (Wildman–Crippen LogP) is 2.43. The minimum Gasteiger partial charge on any atom is -0.497 e. The average molecular weight is 313 g/mol. The third-order valence-corrected chi connectivity index (χ3v) is 5.48. The van der Waals surface area contributed by atoms with Gasteiger partial charge in [0.2, 0.25) is 0 Å². The van der Waals surface area contributed by atoms with Gasteiger partial charge < -0.3 is 10.1 Å². The molecule has 0 fully saturated rings. The van der Waals surface area contributed by atoms with Crippen molar-refractivity contribution in [2.24, 2.45) is 0 Å². The molecular formula is C16H27NO3S. The van der Waals surface area contributed by atoms with Gasteiger partial charge in [-0.1, -0.05) is 19.1 Å². The zero-order valence-electron chi connectivity index (χ0n) is 13.4. The minimum absolute atomic E-state index is 0.0120. The molecule has 0 aliphatic carbocycles. The van der Waals surface area contributed by atoms with E-state index >= 15 is 0 Å². The molecule has 4 nitrogen and oxygen atoms in total. The highest BCUT2D eigenvalue weighted by atomic mass is 32.2. The van der Waals surface area contributed by atoms with E-state index in [1.807, 2.05) is 24.3 Å². The maximum atomic E-state index is 11.8. The zero-order chi connectivity index (χ0) is 15.9. The van der Waals surface area contributed by atoms with Crippen molar-refractivity contribution in [1.29, 1.82) is 0 Å². The van der Waals surface area contributed by atoms with E-state index in [0.29, 0.717) is 0 Å². The number of aryl methyl sites for hydroxylation is 1. The highest BCUT2D eigenvalue weighted by Crippen LogP contribution is 2.16. The molecule has 1 N–H and O–H groups in total. The van der Waals surface area contributed by atoms with Crippen LogP contribution in [0.5, 0.6) is 5.75 Å². The fourth-order valence-electron chi connectivity index (χ4n) is 2.25. The zero-order valence-corrected chi connectivity index (χ0v) is 14.2. The van der Waals surface area contributed by atoms with Crippen LogP contribution in [0.4, 0.5) is 0 Å². The van der Waals surface area contributed by atoms with E-state index in [1.54, 1.807) is 14.0 Å². The van der Waals surface area contributed by atoms with Crippen LogP contribution < -0.4 is 10.1 Å². The Morgan fingerprint density at radius 1 is 1.24 bits per heavy atom. The second-order valence-corrected chi connectivity index (χ2v) is 7.88. The van der Waals surface area contributed by atoms with Crippen molar-refractivity contribution in [2.75, 3.05) is 19.9 Å². The van der Waals surface area contributed by atoms with Crippen LogP contribution in [0, 0.1) is 0 Å². The van der Waals surface area contributed by atoms with Gasteiger partial charge in [0.15, 0.2) is 9.84 Å². The molecule has 0 bridgehead atoms. The topological polar surface area (TPSA) is 55.4 Å². The van der Waals surface area contributed by atoms with Crippen molar-refractivity contribution in [2.45, 2.75) is 44.4 Å². The molecule has 0 aliphatic rings. The lowest BCUT2D eigenvalue weighted by atomic mass is 10.0. The van der Waals surface area contributed by atoms with Crippen molar-refractivity contribution in [3.8, 4) is 5.75 Å². The molecule has 0 saturated carbocycles. The molecule has 1 aromatic rings. The average Bonchev–Trinajstić information content (AvgIpc) is 2.46. The minimum atomic E-state index is -3.03. The third-order valence-electron chi connectivity index (χ3n) is 3.80. The number of sulfone groups is 1. The predicted molar refractivity (Wildman–Crippen MR) is 87.7 cm³/mol. The first kappa shape index (κ1) is 18.0. The number of methoxy groups -OCH3 is 1. The maximum absolute atomic E-state index is 11.8. The lowest BCUT2D eigenvalue weighted by Crippen LogP contribution is -2.42. The summed E-state index contributed by atoms with van der Waals surface area (Å²) in [4.78, 5) is 0. The summed E-state index contributed by atoms with van der Waals surface area (Å²) >= 11 is 0. The van der Waals surface area contributed by atoms with E-state index in [4.69, 9.17) is 4.74 Å². The summed E-state index contributed by atoms with van der Waals surface area (Å²) in [5, 5.41) is 2.99. The van der Waals surface area contributed by atoms with Gasteiger partial charge in [-0.05, 0) is 50.4 Å². The molecule has 1 aromatic carbocycles. The van der Waals surface area contributed by atoms with Gasteiger partial charge in [-0.3, -0.25) is 0 Å². The molecule has 0 amide bonds. The lowest BCUT2D eigenvalue weighted by Gasteiger charge is -2.24. The quantitative estimate of drug-likeness (QED) is 0.761. The van der Waals surface area contributed by atoms with Gasteiger partial charge in [-0.2, -0.15) is 0 Å². The number of hydrogen-bond acceptors (Lipinski definition) is 4. The molecule has 0 radical (unpaired) electrons. The first-order valence-electron chi connectivity index (χ1n) is 7.43. The van der Waals surface area contributed by atoms with E-state index in [9.17, 15) is 8.42 Å². The van der Waals surface area contributed by atoms with Crippen LogP contribution in [0.2, 0.25) is 0 Å². The number of benzene rings is 1. The highest BCUT2D eigenvalue weighted by molar-refractivity contribution is 7.91. The molecule has 0 heterocycles. The molecule has 2 atom stereocenters. The van der Waals surface area contributed by atoms with Crippen LogP contribution in [0.15, 0.2) is 24.3 Å². The normalized spacial score (nSPS) is 14.7. The van der Waals surface area contributed by atoms with Gasteiger partial charge >= 0.3 is 0 Å². The summed E-state index contributed by atoms with van der Waals surface area (Å²) < 4.78 is 28.7. The second-order valence-electron chi connectivity index (χ2n) is 5.48. The molecule has 0 aliphatic heterocycles. The van der Waals surface area contributed by atoms with Crippen LogP contribution in [0.25, 0.3) is 0 Å². The molecular weight excluding hydrogens is 286 g/mol.